The molecule has 4 rings (SSSR count). The Bertz CT molecular complexity index is 626. The zero-order valence-electron chi connectivity index (χ0n) is 14.0. The molecule has 2 aromatic rings. The van der Waals surface area contributed by atoms with Crippen LogP contribution in [0.1, 0.15) is 74.5 Å². The Morgan fingerprint density at radius 2 is 1.65 bits per heavy atom. The summed E-state index contributed by atoms with van der Waals surface area (Å²) in [5.74, 6) is 3.62. The number of aromatic nitrogens is 3. The molecule has 2 heterocycles. The minimum atomic E-state index is 0.430. The van der Waals surface area contributed by atoms with Gasteiger partial charge in [-0.05, 0) is 37.2 Å². The van der Waals surface area contributed by atoms with Crippen molar-refractivity contribution in [1.82, 2.24) is 14.8 Å². The molecule has 0 saturated heterocycles. The van der Waals surface area contributed by atoms with Crippen LogP contribution in [-0.4, -0.2) is 14.8 Å². The van der Waals surface area contributed by atoms with E-state index in [4.69, 9.17) is 5.10 Å². The fraction of sp³-hybridized carbons (Fsp3) is 0.600. The lowest BCUT2D eigenvalue weighted by Gasteiger charge is -2.25. The first kappa shape index (κ1) is 14.9. The Hall–Kier alpha value is -1.64. The summed E-state index contributed by atoms with van der Waals surface area (Å²) in [5, 5.41) is 9.30. The topological polar surface area (TPSA) is 30.7 Å². The van der Waals surface area contributed by atoms with Crippen molar-refractivity contribution in [3.8, 4) is 0 Å². The molecule has 3 nitrogen and oxygen atoms in total. The fourth-order valence-corrected chi connectivity index (χ4v) is 4.50. The van der Waals surface area contributed by atoms with Gasteiger partial charge in [0.1, 0.15) is 11.6 Å². The van der Waals surface area contributed by atoms with E-state index in [1.807, 2.05) is 0 Å². The zero-order chi connectivity index (χ0) is 15.5. The van der Waals surface area contributed by atoms with Crippen LogP contribution in [0.3, 0.4) is 0 Å². The van der Waals surface area contributed by atoms with E-state index in [1.54, 1.807) is 0 Å². The molecule has 0 amide bonds. The third-order valence-corrected chi connectivity index (χ3v) is 5.70. The molecule has 3 heteroatoms. The summed E-state index contributed by atoms with van der Waals surface area (Å²) < 4.78 is 2.47. The first-order valence-corrected chi connectivity index (χ1v) is 9.40. The Labute approximate surface area is 139 Å². The lowest BCUT2D eigenvalue weighted by atomic mass is 9.84. The summed E-state index contributed by atoms with van der Waals surface area (Å²) in [5.41, 5.74) is 1.43. The molecule has 0 N–H and O–H groups in total. The summed E-state index contributed by atoms with van der Waals surface area (Å²) in [6, 6.07) is 11.0. The number of hydrogen-bond donors (Lipinski definition) is 0. The quantitative estimate of drug-likeness (QED) is 0.821. The standard InChI is InChI=1S/C20H27N3/c1-2-9-15-23-18(14-6-1)21-22-20(23)19(17-12-7-8-13-17)16-10-4-3-5-11-16/h3-5,10-11,17,19H,1-2,6-9,12-15H2. The first-order valence-electron chi connectivity index (χ1n) is 9.40. The normalized spacial score (nSPS) is 20.7. The first-order chi connectivity index (χ1) is 11.4. The van der Waals surface area contributed by atoms with Crippen molar-refractivity contribution in [3.05, 3.63) is 47.5 Å². The van der Waals surface area contributed by atoms with E-state index < -0.39 is 0 Å². The Morgan fingerprint density at radius 1 is 0.870 bits per heavy atom. The van der Waals surface area contributed by atoms with E-state index in [2.05, 4.69) is 40.0 Å². The second-order valence-electron chi connectivity index (χ2n) is 7.22. The van der Waals surface area contributed by atoms with E-state index in [0.29, 0.717) is 5.92 Å². The van der Waals surface area contributed by atoms with Crippen LogP contribution in [0.25, 0.3) is 0 Å². The summed E-state index contributed by atoms with van der Waals surface area (Å²) in [7, 11) is 0. The van der Waals surface area contributed by atoms with Crippen LogP contribution in [0, 0.1) is 5.92 Å². The summed E-state index contributed by atoms with van der Waals surface area (Å²) in [4.78, 5) is 0. The smallest absolute Gasteiger partial charge is 0.140 e. The Kier molecular flexibility index (Phi) is 4.45. The van der Waals surface area contributed by atoms with Gasteiger partial charge in [-0.25, -0.2) is 0 Å². The van der Waals surface area contributed by atoms with Gasteiger partial charge in [0.2, 0.25) is 0 Å². The minimum Gasteiger partial charge on any atom is -0.314 e. The van der Waals surface area contributed by atoms with Gasteiger partial charge in [0, 0.05) is 18.9 Å². The van der Waals surface area contributed by atoms with Crippen LogP contribution in [-0.2, 0) is 13.0 Å². The average Bonchev–Trinajstić information content (AvgIpc) is 3.20. The van der Waals surface area contributed by atoms with Gasteiger partial charge in [-0.2, -0.15) is 0 Å². The molecule has 1 saturated carbocycles. The minimum absolute atomic E-state index is 0.430. The molecule has 1 atom stereocenters. The molecule has 0 spiro atoms. The van der Waals surface area contributed by atoms with Crippen LogP contribution < -0.4 is 0 Å². The number of aryl methyl sites for hydroxylation is 1. The van der Waals surface area contributed by atoms with Crippen LogP contribution in [0.15, 0.2) is 30.3 Å². The largest absolute Gasteiger partial charge is 0.314 e. The van der Waals surface area contributed by atoms with Crippen molar-refractivity contribution in [2.75, 3.05) is 0 Å². The summed E-state index contributed by atoms with van der Waals surface area (Å²) >= 11 is 0. The molecular weight excluding hydrogens is 282 g/mol. The Balaban J connectivity index is 1.74. The van der Waals surface area contributed by atoms with Crippen molar-refractivity contribution in [2.45, 2.75) is 70.3 Å². The number of benzene rings is 1. The number of fused-ring (bicyclic) bond motifs is 1. The molecule has 1 aromatic carbocycles. The number of hydrogen-bond acceptors (Lipinski definition) is 2. The molecule has 23 heavy (non-hydrogen) atoms. The van der Waals surface area contributed by atoms with Gasteiger partial charge in [0.05, 0.1) is 0 Å². The molecule has 1 fully saturated rings. The molecule has 0 bridgehead atoms. The van der Waals surface area contributed by atoms with Crippen LogP contribution in [0.2, 0.25) is 0 Å². The monoisotopic (exact) mass is 309 g/mol. The summed E-state index contributed by atoms with van der Waals surface area (Å²) in [6.45, 7) is 1.10. The molecule has 122 valence electrons. The maximum atomic E-state index is 4.72. The van der Waals surface area contributed by atoms with Crippen LogP contribution in [0.5, 0.6) is 0 Å². The molecule has 1 aliphatic heterocycles. The third-order valence-electron chi connectivity index (χ3n) is 5.70. The van der Waals surface area contributed by atoms with Gasteiger partial charge < -0.3 is 4.57 Å². The lowest BCUT2D eigenvalue weighted by molar-refractivity contribution is 0.433. The highest BCUT2D eigenvalue weighted by atomic mass is 15.3. The molecule has 1 aromatic heterocycles. The average molecular weight is 309 g/mol. The molecule has 1 unspecified atom stereocenters. The highest BCUT2D eigenvalue weighted by molar-refractivity contribution is 5.27. The molecule has 2 aliphatic rings. The zero-order valence-corrected chi connectivity index (χ0v) is 14.0. The van der Waals surface area contributed by atoms with Gasteiger partial charge >= 0.3 is 0 Å². The van der Waals surface area contributed by atoms with Gasteiger partial charge in [0.15, 0.2) is 0 Å². The van der Waals surface area contributed by atoms with Crippen molar-refractivity contribution in [1.29, 1.82) is 0 Å². The molecule has 1 aliphatic carbocycles. The fourth-order valence-electron chi connectivity index (χ4n) is 4.50. The van der Waals surface area contributed by atoms with Crippen molar-refractivity contribution in [3.63, 3.8) is 0 Å². The maximum absolute atomic E-state index is 4.72. The third kappa shape index (κ3) is 3.06. The molecular formula is C20H27N3. The van der Waals surface area contributed by atoms with Gasteiger partial charge in [-0.15, -0.1) is 10.2 Å². The predicted octanol–water partition coefficient (Wildman–Crippen LogP) is 4.72. The highest BCUT2D eigenvalue weighted by Crippen LogP contribution is 2.41. The van der Waals surface area contributed by atoms with Gasteiger partial charge in [-0.1, -0.05) is 56.0 Å². The van der Waals surface area contributed by atoms with Crippen molar-refractivity contribution >= 4 is 0 Å². The predicted molar refractivity (Wildman–Crippen MR) is 92.4 cm³/mol. The number of rotatable bonds is 3. The number of nitrogens with zero attached hydrogens (tertiary/aromatic N) is 3. The lowest BCUT2D eigenvalue weighted by Crippen LogP contribution is -2.19. The van der Waals surface area contributed by atoms with Gasteiger partial charge in [-0.3, -0.25) is 0 Å². The van der Waals surface area contributed by atoms with E-state index in [-0.39, 0.29) is 0 Å². The molecule has 0 radical (unpaired) electrons. The Morgan fingerprint density at radius 3 is 2.48 bits per heavy atom. The second-order valence-corrected chi connectivity index (χ2v) is 7.22. The highest BCUT2D eigenvalue weighted by Gasteiger charge is 2.32. The van der Waals surface area contributed by atoms with Crippen molar-refractivity contribution < 1.29 is 0 Å². The van der Waals surface area contributed by atoms with E-state index in [9.17, 15) is 0 Å². The summed E-state index contributed by atoms with van der Waals surface area (Å²) in [6.07, 6.45) is 11.7. The van der Waals surface area contributed by atoms with Crippen molar-refractivity contribution in [2.24, 2.45) is 5.92 Å². The van der Waals surface area contributed by atoms with Gasteiger partial charge in [0.25, 0.3) is 0 Å². The van der Waals surface area contributed by atoms with Crippen LogP contribution in [0.4, 0.5) is 0 Å². The van der Waals surface area contributed by atoms with E-state index in [1.165, 1.54) is 68.6 Å². The van der Waals surface area contributed by atoms with E-state index in [0.717, 1.165) is 18.9 Å². The maximum Gasteiger partial charge on any atom is 0.140 e. The second kappa shape index (κ2) is 6.86. The SMILES string of the molecule is c1ccc(C(c2nnc3n2CCCCCC3)C2CCCC2)cc1. The van der Waals surface area contributed by atoms with Crippen LogP contribution >= 0.6 is 0 Å². The van der Waals surface area contributed by atoms with E-state index >= 15 is 0 Å².